The van der Waals surface area contributed by atoms with Crippen molar-refractivity contribution >= 4 is 39.6 Å². The van der Waals surface area contributed by atoms with Gasteiger partial charge < -0.3 is 9.32 Å². The summed E-state index contributed by atoms with van der Waals surface area (Å²) in [5, 5.41) is 3.01. The predicted octanol–water partition coefficient (Wildman–Crippen LogP) is 4.05. The van der Waals surface area contributed by atoms with Gasteiger partial charge in [0.25, 0.3) is 5.91 Å². The molecule has 0 saturated heterocycles. The zero-order valence-electron chi connectivity index (χ0n) is 17.2. The van der Waals surface area contributed by atoms with Crippen molar-refractivity contribution in [3.63, 3.8) is 0 Å². The Hall–Kier alpha value is -3.52. The van der Waals surface area contributed by atoms with Crippen molar-refractivity contribution in [2.75, 3.05) is 18.4 Å². The van der Waals surface area contributed by atoms with Crippen LogP contribution in [0.25, 0.3) is 5.57 Å². The highest BCUT2D eigenvalue weighted by molar-refractivity contribution is 7.17. The fourth-order valence-electron chi connectivity index (χ4n) is 4.17. The molecule has 0 radical (unpaired) electrons. The van der Waals surface area contributed by atoms with Crippen LogP contribution < -0.4 is 5.32 Å². The minimum Gasteiger partial charge on any atom is -0.459 e. The van der Waals surface area contributed by atoms with Gasteiger partial charge in [0.15, 0.2) is 16.7 Å². The molecular weight excluding hydrogens is 426 g/mol. The molecule has 1 N–H and O–H groups in total. The Balaban J connectivity index is 1.26. The number of carbonyl (C=O) groups is 3. The van der Waals surface area contributed by atoms with Crippen LogP contribution in [0, 0.1) is 5.92 Å². The first-order chi connectivity index (χ1) is 15.6. The van der Waals surface area contributed by atoms with Crippen molar-refractivity contribution < 1.29 is 18.8 Å². The number of fused-ring (bicyclic) bond motifs is 1. The molecule has 2 aliphatic rings. The summed E-state index contributed by atoms with van der Waals surface area (Å²) in [6, 6.07) is 13.4. The molecule has 162 valence electrons. The van der Waals surface area contributed by atoms with E-state index in [4.69, 9.17) is 4.42 Å². The van der Waals surface area contributed by atoms with E-state index in [1.54, 1.807) is 12.1 Å². The molecule has 0 spiro atoms. The van der Waals surface area contributed by atoms with Gasteiger partial charge in [0.1, 0.15) is 0 Å². The quantitative estimate of drug-likeness (QED) is 0.651. The van der Waals surface area contributed by atoms with Gasteiger partial charge in [0.2, 0.25) is 5.91 Å². The van der Waals surface area contributed by atoms with Crippen molar-refractivity contribution in [2.24, 2.45) is 5.92 Å². The number of nitrogens with one attached hydrogen (secondary N) is 1. The highest BCUT2D eigenvalue weighted by Gasteiger charge is 2.35. The Bertz CT molecular complexity index is 1200. The second-order valence-corrected chi connectivity index (χ2v) is 8.88. The first-order valence-electron chi connectivity index (χ1n) is 10.5. The third kappa shape index (κ3) is 4.01. The minimum atomic E-state index is -0.421. The van der Waals surface area contributed by atoms with E-state index in [1.807, 2.05) is 23.1 Å². The molecule has 2 aromatic heterocycles. The summed E-state index contributed by atoms with van der Waals surface area (Å²) in [6.07, 6.45) is 4.88. The predicted molar refractivity (Wildman–Crippen MR) is 121 cm³/mol. The monoisotopic (exact) mass is 447 g/mol. The number of furan rings is 1. The van der Waals surface area contributed by atoms with E-state index in [0.717, 1.165) is 17.8 Å². The number of thiazole rings is 1. The van der Waals surface area contributed by atoms with Crippen LogP contribution >= 0.6 is 11.3 Å². The molecule has 0 bridgehead atoms. The maximum atomic E-state index is 13.1. The smallest absolute Gasteiger partial charge is 0.293 e. The Labute approximate surface area is 188 Å². The third-order valence-corrected chi connectivity index (χ3v) is 6.86. The average molecular weight is 448 g/mol. The molecule has 0 unspecified atom stereocenters. The number of amides is 2. The van der Waals surface area contributed by atoms with Gasteiger partial charge in [-0.25, -0.2) is 4.98 Å². The number of hydrogen-bond donors (Lipinski definition) is 1. The van der Waals surface area contributed by atoms with Gasteiger partial charge in [0, 0.05) is 25.9 Å². The molecule has 3 aromatic rings. The van der Waals surface area contributed by atoms with Crippen LogP contribution in [0.15, 0.2) is 59.2 Å². The summed E-state index contributed by atoms with van der Waals surface area (Å²) >= 11 is 1.15. The number of rotatable bonds is 4. The zero-order valence-corrected chi connectivity index (χ0v) is 18.1. The van der Waals surface area contributed by atoms with Crippen molar-refractivity contribution in [2.45, 2.75) is 19.3 Å². The Morgan fingerprint density at radius 2 is 1.97 bits per heavy atom. The van der Waals surface area contributed by atoms with E-state index >= 15 is 0 Å². The number of hydrogen-bond acceptors (Lipinski definition) is 6. The molecule has 0 saturated carbocycles. The van der Waals surface area contributed by atoms with Gasteiger partial charge in [-0.2, -0.15) is 0 Å². The van der Waals surface area contributed by atoms with Gasteiger partial charge in [-0.05, 0) is 29.7 Å². The van der Waals surface area contributed by atoms with Gasteiger partial charge in [-0.3, -0.25) is 19.7 Å². The molecule has 8 heteroatoms. The average Bonchev–Trinajstić information content (AvgIpc) is 3.50. The summed E-state index contributed by atoms with van der Waals surface area (Å²) < 4.78 is 5.09. The standard InChI is InChI=1S/C24H21N3O4S/c28-19-14-17(23(30)27-10-8-16(9-11-27)15-5-2-1-3-6-15)13-18-21(19)32-24(25-18)26-22(29)20-7-4-12-31-20/h1-8,12,17H,9-11,13-14H2,(H,25,26,29)/t17-/m1/s1. The first-order valence-corrected chi connectivity index (χ1v) is 11.3. The van der Waals surface area contributed by atoms with Gasteiger partial charge in [-0.15, -0.1) is 0 Å². The Morgan fingerprint density at radius 3 is 2.69 bits per heavy atom. The molecule has 5 rings (SSSR count). The normalized spacial score (nSPS) is 18.1. The molecule has 32 heavy (non-hydrogen) atoms. The maximum Gasteiger partial charge on any atom is 0.293 e. The number of benzene rings is 1. The van der Waals surface area contributed by atoms with Crippen LogP contribution in [0.2, 0.25) is 0 Å². The third-order valence-electron chi connectivity index (χ3n) is 5.80. The van der Waals surface area contributed by atoms with E-state index in [2.05, 4.69) is 28.5 Å². The van der Waals surface area contributed by atoms with Crippen molar-refractivity contribution in [3.8, 4) is 0 Å². The largest absolute Gasteiger partial charge is 0.459 e. The van der Waals surface area contributed by atoms with E-state index in [0.29, 0.717) is 35.2 Å². The number of carbonyl (C=O) groups excluding carboxylic acids is 3. The lowest BCUT2D eigenvalue weighted by atomic mass is 9.88. The highest BCUT2D eigenvalue weighted by atomic mass is 32.1. The highest BCUT2D eigenvalue weighted by Crippen LogP contribution is 2.34. The van der Waals surface area contributed by atoms with Crippen molar-refractivity contribution in [1.29, 1.82) is 0 Å². The second-order valence-electron chi connectivity index (χ2n) is 7.88. The van der Waals surface area contributed by atoms with E-state index in [1.165, 1.54) is 17.4 Å². The Kier molecular flexibility index (Phi) is 5.45. The van der Waals surface area contributed by atoms with Crippen LogP contribution in [0.3, 0.4) is 0 Å². The van der Waals surface area contributed by atoms with Crippen LogP contribution in [0.5, 0.6) is 0 Å². The molecule has 1 aromatic carbocycles. The minimum absolute atomic E-state index is 0.0125. The van der Waals surface area contributed by atoms with E-state index < -0.39 is 11.8 Å². The van der Waals surface area contributed by atoms with Gasteiger partial charge >= 0.3 is 0 Å². The fourth-order valence-corrected chi connectivity index (χ4v) is 5.10. The molecule has 3 heterocycles. The maximum absolute atomic E-state index is 13.1. The van der Waals surface area contributed by atoms with E-state index in [-0.39, 0.29) is 23.9 Å². The summed E-state index contributed by atoms with van der Waals surface area (Å²) in [7, 11) is 0. The summed E-state index contributed by atoms with van der Waals surface area (Å²) in [4.78, 5) is 44.8. The van der Waals surface area contributed by atoms with Crippen LogP contribution in [0.1, 0.15) is 44.3 Å². The molecular formula is C24H21N3O4S. The SMILES string of the molecule is O=C(Nc1nc2c(s1)C(=O)C[C@H](C(=O)N1CC=C(c3ccccc3)CC1)C2)c1ccco1. The lowest BCUT2D eigenvalue weighted by Gasteiger charge is -2.31. The zero-order chi connectivity index (χ0) is 22.1. The number of Topliss-reactive ketones (excluding diaryl/α,β-unsaturated/α-hetero) is 1. The summed E-state index contributed by atoms with van der Waals surface area (Å²) in [5.41, 5.74) is 3.01. The summed E-state index contributed by atoms with van der Waals surface area (Å²) in [6.45, 7) is 1.18. The molecule has 1 aliphatic carbocycles. The first kappa shape index (κ1) is 20.4. The number of ketones is 1. The summed E-state index contributed by atoms with van der Waals surface area (Å²) in [5.74, 6) is -0.780. The lowest BCUT2D eigenvalue weighted by Crippen LogP contribution is -2.41. The fraction of sp³-hybridized carbons (Fsp3) is 0.250. The number of nitrogens with zero attached hydrogens (tertiary/aromatic N) is 2. The van der Waals surface area contributed by atoms with Crippen LogP contribution in [-0.4, -0.2) is 40.6 Å². The van der Waals surface area contributed by atoms with Crippen LogP contribution in [0.4, 0.5) is 5.13 Å². The van der Waals surface area contributed by atoms with Crippen molar-refractivity contribution in [3.05, 3.63) is 76.7 Å². The second kappa shape index (κ2) is 8.55. The Morgan fingerprint density at radius 1 is 1.12 bits per heavy atom. The number of anilines is 1. The van der Waals surface area contributed by atoms with Gasteiger partial charge in [0.05, 0.1) is 22.8 Å². The molecule has 2 amide bonds. The molecule has 1 atom stereocenters. The lowest BCUT2D eigenvalue weighted by molar-refractivity contribution is -0.135. The molecule has 1 aliphatic heterocycles. The van der Waals surface area contributed by atoms with Crippen LogP contribution in [-0.2, 0) is 11.2 Å². The molecule has 7 nitrogen and oxygen atoms in total. The topological polar surface area (TPSA) is 92.5 Å². The van der Waals surface area contributed by atoms with Gasteiger partial charge in [-0.1, -0.05) is 47.7 Å². The molecule has 0 fully saturated rings. The van der Waals surface area contributed by atoms with E-state index in [9.17, 15) is 14.4 Å². The number of aromatic nitrogens is 1. The van der Waals surface area contributed by atoms with Crippen molar-refractivity contribution in [1.82, 2.24) is 9.88 Å².